The number of benzene rings is 2. The van der Waals surface area contributed by atoms with E-state index < -0.39 is 23.5 Å². The third-order valence-electron chi connectivity index (χ3n) is 5.23. The van der Waals surface area contributed by atoms with E-state index in [0.717, 1.165) is 0 Å². The molecule has 182 valence electrons. The number of nitrogens with zero attached hydrogens (tertiary/aromatic N) is 2. The highest BCUT2D eigenvalue weighted by molar-refractivity contribution is 5.73. The molecule has 0 spiro atoms. The zero-order chi connectivity index (χ0) is 25.3. The van der Waals surface area contributed by atoms with E-state index in [4.69, 9.17) is 9.47 Å². The van der Waals surface area contributed by atoms with E-state index in [2.05, 4.69) is 9.97 Å². The topological polar surface area (TPSA) is 44.2 Å². The number of ether oxygens (including phenoxy) is 2. The van der Waals surface area contributed by atoms with E-state index in [0.29, 0.717) is 47.0 Å². The maximum Gasteiger partial charge on any atom is 0.416 e. The summed E-state index contributed by atoms with van der Waals surface area (Å²) in [6.45, 7) is 3.47. The molecule has 0 amide bonds. The second-order valence-corrected chi connectivity index (χ2v) is 7.38. The van der Waals surface area contributed by atoms with Crippen LogP contribution in [0.1, 0.15) is 36.4 Å². The number of hydrogen-bond acceptors (Lipinski definition) is 4. The smallest absolute Gasteiger partial charge is 0.416 e. The molecule has 4 nitrogen and oxygen atoms in total. The summed E-state index contributed by atoms with van der Waals surface area (Å²) in [5.74, 6) is 0.985. The van der Waals surface area contributed by atoms with Gasteiger partial charge in [0.25, 0.3) is 0 Å². The van der Waals surface area contributed by atoms with Gasteiger partial charge in [-0.25, -0.2) is 9.97 Å². The average molecular weight is 484 g/mol. The summed E-state index contributed by atoms with van der Waals surface area (Å²) in [6, 6.07) is 6.50. The molecule has 0 aliphatic rings. The first-order valence-corrected chi connectivity index (χ1v) is 10.3. The Morgan fingerprint density at radius 2 is 1.24 bits per heavy atom. The van der Waals surface area contributed by atoms with Crippen molar-refractivity contribution in [2.24, 2.45) is 0 Å². The molecule has 0 unspecified atom stereocenters. The van der Waals surface area contributed by atoms with Crippen molar-refractivity contribution < 1.29 is 35.8 Å². The van der Waals surface area contributed by atoms with Crippen LogP contribution < -0.4 is 9.47 Å². The Labute approximate surface area is 192 Å². The van der Waals surface area contributed by atoms with Gasteiger partial charge in [0.1, 0.15) is 11.5 Å². The lowest BCUT2D eigenvalue weighted by Crippen LogP contribution is -2.12. The molecule has 2 aromatic carbocycles. The fraction of sp³-hybridized carbons (Fsp3) is 0.333. The van der Waals surface area contributed by atoms with Gasteiger partial charge in [0.2, 0.25) is 0 Å². The second-order valence-electron chi connectivity index (χ2n) is 7.38. The van der Waals surface area contributed by atoms with Crippen molar-refractivity contribution in [1.82, 2.24) is 9.97 Å². The lowest BCUT2D eigenvalue weighted by Gasteiger charge is -2.18. The van der Waals surface area contributed by atoms with Crippen molar-refractivity contribution in [3.63, 3.8) is 0 Å². The quantitative estimate of drug-likeness (QED) is 0.354. The van der Waals surface area contributed by atoms with Crippen LogP contribution in [0.3, 0.4) is 0 Å². The highest BCUT2D eigenvalue weighted by Crippen LogP contribution is 2.40. The van der Waals surface area contributed by atoms with Gasteiger partial charge in [-0.1, -0.05) is 13.8 Å². The molecule has 0 fully saturated rings. The third-order valence-corrected chi connectivity index (χ3v) is 5.23. The normalized spacial score (nSPS) is 12.1. The molecule has 10 heteroatoms. The Bertz CT molecular complexity index is 1160. The van der Waals surface area contributed by atoms with Crippen LogP contribution in [0.5, 0.6) is 11.5 Å². The molecule has 1 aromatic heterocycles. The van der Waals surface area contributed by atoms with E-state index in [1.165, 1.54) is 14.2 Å². The molecular weight excluding hydrogens is 462 g/mol. The van der Waals surface area contributed by atoms with Gasteiger partial charge >= 0.3 is 12.4 Å². The number of aromatic nitrogens is 2. The van der Waals surface area contributed by atoms with Gasteiger partial charge < -0.3 is 9.47 Å². The molecule has 0 saturated carbocycles. The molecule has 0 aliphatic heterocycles. The van der Waals surface area contributed by atoms with Crippen molar-refractivity contribution in [2.75, 3.05) is 14.2 Å². The summed E-state index contributed by atoms with van der Waals surface area (Å²) in [6.07, 6.45) is -9.35. The monoisotopic (exact) mass is 484 g/mol. The number of hydrogen-bond donors (Lipinski definition) is 0. The Kier molecular flexibility index (Phi) is 7.09. The minimum atomic E-state index is -4.96. The lowest BCUT2D eigenvalue weighted by molar-refractivity contribution is -0.143. The van der Waals surface area contributed by atoms with Gasteiger partial charge in [-0.05, 0) is 43.2 Å². The van der Waals surface area contributed by atoms with Crippen LogP contribution in [-0.4, -0.2) is 24.2 Å². The summed E-state index contributed by atoms with van der Waals surface area (Å²) in [4.78, 5) is 9.10. The van der Waals surface area contributed by atoms with Gasteiger partial charge in [-0.15, -0.1) is 0 Å². The Morgan fingerprint density at radius 1 is 0.706 bits per heavy atom. The maximum atomic E-state index is 13.4. The summed E-state index contributed by atoms with van der Waals surface area (Å²) in [5.41, 5.74) is -1.44. The third kappa shape index (κ3) is 5.10. The first-order chi connectivity index (χ1) is 15.9. The van der Waals surface area contributed by atoms with Gasteiger partial charge in [0, 0.05) is 17.2 Å². The highest BCUT2D eigenvalue weighted by atomic mass is 19.4. The summed E-state index contributed by atoms with van der Waals surface area (Å²) in [7, 11) is 2.97. The van der Waals surface area contributed by atoms with E-state index in [9.17, 15) is 26.3 Å². The first-order valence-electron chi connectivity index (χ1n) is 10.3. The van der Waals surface area contributed by atoms with Gasteiger partial charge in [-0.3, -0.25) is 0 Å². The highest BCUT2D eigenvalue weighted by Gasteiger charge is 2.37. The van der Waals surface area contributed by atoms with Crippen LogP contribution in [0.15, 0.2) is 36.4 Å². The van der Waals surface area contributed by atoms with Crippen LogP contribution in [-0.2, 0) is 25.2 Å². The fourth-order valence-corrected chi connectivity index (χ4v) is 3.53. The maximum absolute atomic E-state index is 13.4. The van der Waals surface area contributed by atoms with E-state index in [-0.39, 0.29) is 29.4 Å². The van der Waals surface area contributed by atoms with Gasteiger partial charge in [0.15, 0.2) is 0 Å². The molecule has 3 rings (SSSR count). The van der Waals surface area contributed by atoms with E-state index >= 15 is 0 Å². The van der Waals surface area contributed by atoms with Crippen LogP contribution in [0.4, 0.5) is 26.3 Å². The van der Waals surface area contributed by atoms with Gasteiger partial charge in [0.05, 0.1) is 48.1 Å². The van der Waals surface area contributed by atoms with Crippen LogP contribution >= 0.6 is 0 Å². The molecule has 0 atom stereocenters. The Hall–Kier alpha value is -3.30. The van der Waals surface area contributed by atoms with Crippen LogP contribution in [0.2, 0.25) is 0 Å². The molecule has 0 aliphatic carbocycles. The summed E-state index contributed by atoms with van der Waals surface area (Å²) in [5, 5.41) is 0. The molecule has 0 N–H and O–H groups in total. The number of rotatable bonds is 6. The van der Waals surface area contributed by atoms with Crippen molar-refractivity contribution in [3.05, 3.63) is 58.9 Å². The largest absolute Gasteiger partial charge is 0.497 e. The van der Waals surface area contributed by atoms with E-state index in [1.807, 2.05) is 0 Å². The molecule has 0 radical (unpaired) electrons. The molecule has 0 bridgehead atoms. The van der Waals surface area contributed by atoms with Crippen molar-refractivity contribution >= 4 is 0 Å². The molecule has 3 aromatic rings. The summed E-state index contributed by atoms with van der Waals surface area (Å²) >= 11 is 0. The Morgan fingerprint density at radius 3 is 1.71 bits per heavy atom. The number of aryl methyl sites for hydroxylation is 2. The molecule has 0 saturated heterocycles. The number of methoxy groups -OCH3 is 2. The first kappa shape index (κ1) is 25.3. The van der Waals surface area contributed by atoms with Crippen molar-refractivity contribution in [2.45, 2.75) is 39.0 Å². The predicted molar refractivity (Wildman–Crippen MR) is 115 cm³/mol. The minimum Gasteiger partial charge on any atom is -0.497 e. The van der Waals surface area contributed by atoms with E-state index in [1.54, 1.807) is 32.0 Å². The second kappa shape index (κ2) is 9.52. The fourth-order valence-electron chi connectivity index (χ4n) is 3.53. The zero-order valence-electron chi connectivity index (χ0n) is 18.9. The number of halogens is 6. The van der Waals surface area contributed by atoms with Crippen LogP contribution in [0.25, 0.3) is 22.5 Å². The standard InChI is InChI=1S/C24H22F6N2O2/c1-5-18-21(13-9-14(23(25,26)27)11-15(10-13)24(28,29)30)31-19(6-2)22(32-18)17-8-7-16(33-3)12-20(17)34-4/h7-12H,5-6H2,1-4H3. The Balaban J connectivity index is 2.28. The zero-order valence-corrected chi connectivity index (χ0v) is 18.9. The molecule has 1 heterocycles. The van der Waals surface area contributed by atoms with Crippen LogP contribution in [0, 0.1) is 0 Å². The molecular formula is C24H22F6N2O2. The average Bonchev–Trinajstić information content (AvgIpc) is 2.81. The summed E-state index contributed by atoms with van der Waals surface area (Å²) < 4.78 is 90.9. The number of alkyl halides is 6. The predicted octanol–water partition coefficient (Wildman–Crippen LogP) is 6.99. The minimum absolute atomic E-state index is 0.0211. The lowest BCUT2D eigenvalue weighted by atomic mass is 9.99. The SMILES string of the molecule is CCc1nc(-c2ccc(OC)cc2OC)c(CC)nc1-c1cc(C(F)(F)F)cc(C(F)(F)F)c1. The van der Waals surface area contributed by atoms with Crippen molar-refractivity contribution in [3.8, 4) is 34.0 Å². The van der Waals surface area contributed by atoms with Gasteiger partial charge in [-0.2, -0.15) is 26.3 Å². The van der Waals surface area contributed by atoms with Crippen molar-refractivity contribution in [1.29, 1.82) is 0 Å². The molecule has 34 heavy (non-hydrogen) atoms.